The molecular formula is C24H27N2O+. The maximum Gasteiger partial charge on any atom is 0.227 e. The van der Waals surface area contributed by atoms with Crippen LogP contribution in [0.4, 0.5) is 0 Å². The van der Waals surface area contributed by atoms with Crippen LogP contribution in [0.5, 0.6) is 0 Å². The smallest absolute Gasteiger partial charge is 0.227 e. The number of aryl methyl sites for hydroxylation is 3. The molecule has 3 heterocycles. The van der Waals surface area contributed by atoms with E-state index in [4.69, 9.17) is 9.40 Å². The maximum atomic E-state index is 6.33. The average molecular weight is 359 g/mol. The molecule has 0 radical (unpaired) electrons. The van der Waals surface area contributed by atoms with Gasteiger partial charge in [-0.15, -0.1) is 0 Å². The summed E-state index contributed by atoms with van der Waals surface area (Å²) in [5, 5.41) is 2.22. The van der Waals surface area contributed by atoms with Crippen molar-refractivity contribution in [3.8, 4) is 11.3 Å². The van der Waals surface area contributed by atoms with Crippen molar-refractivity contribution in [3.05, 3.63) is 59.4 Å². The van der Waals surface area contributed by atoms with Gasteiger partial charge in [-0.05, 0) is 49.4 Å². The van der Waals surface area contributed by atoms with E-state index >= 15 is 0 Å². The number of hydrogen-bond acceptors (Lipinski definition) is 2. The lowest BCUT2D eigenvalue weighted by molar-refractivity contribution is -0.660. The molecule has 0 aliphatic rings. The summed E-state index contributed by atoms with van der Waals surface area (Å²) in [4.78, 5) is 4.79. The van der Waals surface area contributed by atoms with Crippen LogP contribution >= 0.6 is 0 Å². The van der Waals surface area contributed by atoms with E-state index in [1.807, 2.05) is 0 Å². The van der Waals surface area contributed by atoms with Gasteiger partial charge >= 0.3 is 0 Å². The van der Waals surface area contributed by atoms with E-state index in [1.165, 1.54) is 11.1 Å². The molecule has 4 rings (SSSR count). The summed E-state index contributed by atoms with van der Waals surface area (Å²) in [6.07, 6.45) is 4.20. The predicted molar refractivity (Wildman–Crippen MR) is 111 cm³/mol. The Kier molecular flexibility index (Phi) is 4.47. The molecule has 0 fully saturated rings. The van der Waals surface area contributed by atoms with Crippen LogP contribution in [0.1, 0.15) is 37.6 Å². The molecule has 0 aliphatic carbocycles. The summed E-state index contributed by atoms with van der Waals surface area (Å²) < 4.78 is 8.53. The number of fused-ring (bicyclic) bond motifs is 3. The molecule has 0 unspecified atom stereocenters. The topological polar surface area (TPSA) is 29.9 Å². The van der Waals surface area contributed by atoms with E-state index in [1.54, 1.807) is 0 Å². The van der Waals surface area contributed by atoms with E-state index < -0.39 is 0 Å². The lowest BCUT2D eigenvalue weighted by Gasteiger charge is -2.06. The molecule has 3 nitrogen and oxygen atoms in total. The quantitative estimate of drug-likeness (QED) is 0.448. The number of rotatable bonds is 4. The Morgan fingerprint density at radius 2 is 1.81 bits per heavy atom. The molecule has 0 bridgehead atoms. The molecule has 27 heavy (non-hydrogen) atoms. The fourth-order valence-electron chi connectivity index (χ4n) is 3.84. The minimum atomic E-state index is 0.577. The minimum absolute atomic E-state index is 0.577. The van der Waals surface area contributed by atoms with E-state index in [-0.39, 0.29) is 0 Å². The van der Waals surface area contributed by atoms with Gasteiger partial charge in [-0.25, -0.2) is 9.55 Å². The molecule has 0 amide bonds. The highest BCUT2D eigenvalue weighted by atomic mass is 16.3. The van der Waals surface area contributed by atoms with Gasteiger partial charge in [0.15, 0.2) is 11.8 Å². The van der Waals surface area contributed by atoms with Crippen molar-refractivity contribution in [1.82, 2.24) is 4.98 Å². The van der Waals surface area contributed by atoms with E-state index in [0.717, 1.165) is 51.9 Å². The second-order valence-corrected chi connectivity index (χ2v) is 7.88. The SMILES string of the molecule is CCc1ccc(-c2c(C)ccc3c2oc2nc(CC(C)C)ccc23)[n+](C)c1. The molecule has 0 saturated heterocycles. The molecule has 0 saturated carbocycles. The second-order valence-electron chi connectivity index (χ2n) is 7.88. The van der Waals surface area contributed by atoms with Crippen LogP contribution in [0, 0.1) is 12.8 Å². The van der Waals surface area contributed by atoms with Crippen molar-refractivity contribution in [2.24, 2.45) is 13.0 Å². The number of benzene rings is 1. The summed E-state index contributed by atoms with van der Waals surface area (Å²) in [5.41, 5.74) is 7.62. The average Bonchev–Trinajstić information content (AvgIpc) is 2.99. The van der Waals surface area contributed by atoms with Gasteiger partial charge in [-0.3, -0.25) is 0 Å². The summed E-state index contributed by atoms with van der Waals surface area (Å²) in [6.45, 7) is 8.76. The number of furan rings is 1. The molecule has 138 valence electrons. The van der Waals surface area contributed by atoms with Crippen LogP contribution in [0.25, 0.3) is 33.3 Å². The van der Waals surface area contributed by atoms with E-state index in [0.29, 0.717) is 5.92 Å². The van der Waals surface area contributed by atoms with Crippen molar-refractivity contribution >= 4 is 22.1 Å². The van der Waals surface area contributed by atoms with Crippen molar-refractivity contribution in [2.75, 3.05) is 0 Å². The highest BCUT2D eigenvalue weighted by molar-refractivity contribution is 6.08. The van der Waals surface area contributed by atoms with Gasteiger partial charge in [0, 0.05) is 28.1 Å². The maximum absolute atomic E-state index is 6.33. The molecular weight excluding hydrogens is 332 g/mol. The Morgan fingerprint density at radius 1 is 1.04 bits per heavy atom. The molecule has 3 heteroatoms. The third-order valence-corrected chi connectivity index (χ3v) is 5.25. The van der Waals surface area contributed by atoms with Gasteiger partial charge < -0.3 is 4.42 Å². The Balaban J connectivity index is 1.96. The van der Waals surface area contributed by atoms with Gasteiger partial charge in [0.05, 0.1) is 5.56 Å². The van der Waals surface area contributed by atoms with Gasteiger partial charge in [-0.1, -0.05) is 32.9 Å². The normalized spacial score (nSPS) is 11.8. The van der Waals surface area contributed by atoms with Crippen molar-refractivity contribution < 1.29 is 8.98 Å². The summed E-state index contributed by atoms with van der Waals surface area (Å²) in [6, 6.07) is 13.0. The second kappa shape index (κ2) is 6.80. The summed E-state index contributed by atoms with van der Waals surface area (Å²) in [7, 11) is 2.11. The Labute approximate surface area is 160 Å². The summed E-state index contributed by atoms with van der Waals surface area (Å²) >= 11 is 0. The Bertz CT molecular complexity index is 1140. The zero-order chi connectivity index (χ0) is 19.1. The lowest BCUT2D eigenvalue weighted by Crippen LogP contribution is -2.31. The van der Waals surface area contributed by atoms with E-state index in [2.05, 4.69) is 81.9 Å². The van der Waals surface area contributed by atoms with Crippen molar-refractivity contribution in [3.63, 3.8) is 0 Å². The van der Waals surface area contributed by atoms with Gasteiger partial charge in [0.2, 0.25) is 11.4 Å². The predicted octanol–water partition coefficient (Wildman–Crippen LogP) is 5.54. The van der Waals surface area contributed by atoms with E-state index in [9.17, 15) is 0 Å². The van der Waals surface area contributed by atoms with Gasteiger partial charge in [0.25, 0.3) is 0 Å². The highest BCUT2D eigenvalue weighted by Crippen LogP contribution is 2.36. The molecule has 1 aromatic carbocycles. The number of aromatic nitrogens is 2. The molecule has 3 aromatic heterocycles. The molecule has 4 aromatic rings. The molecule has 0 aliphatic heterocycles. The molecule has 0 N–H and O–H groups in total. The Hall–Kier alpha value is -2.68. The standard InChI is InChI=1S/C24H27N2O/c1-6-17-8-12-21(26(5)14-17)22-16(4)7-10-19-20-11-9-18(13-15(2)3)25-24(20)27-23(19)22/h7-12,14-15H,6,13H2,1-5H3/q+1. The fourth-order valence-corrected chi connectivity index (χ4v) is 3.84. The monoisotopic (exact) mass is 359 g/mol. The first-order valence-electron chi connectivity index (χ1n) is 9.78. The van der Waals surface area contributed by atoms with Gasteiger partial charge in [-0.2, -0.15) is 0 Å². The van der Waals surface area contributed by atoms with Crippen molar-refractivity contribution in [1.29, 1.82) is 0 Å². The summed E-state index contributed by atoms with van der Waals surface area (Å²) in [5.74, 6) is 0.577. The first-order chi connectivity index (χ1) is 13.0. The van der Waals surface area contributed by atoms with Crippen LogP contribution in [0.15, 0.2) is 47.0 Å². The number of hydrogen-bond donors (Lipinski definition) is 0. The minimum Gasteiger partial charge on any atom is -0.437 e. The number of nitrogens with zero attached hydrogens (tertiary/aromatic N) is 2. The largest absolute Gasteiger partial charge is 0.437 e. The van der Waals surface area contributed by atoms with Crippen LogP contribution in [-0.4, -0.2) is 4.98 Å². The van der Waals surface area contributed by atoms with Crippen LogP contribution in [0.2, 0.25) is 0 Å². The van der Waals surface area contributed by atoms with Crippen LogP contribution in [-0.2, 0) is 19.9 Å². The van der Waals surface area contributed by atoms with Crippen LogP contribution in [0.3, 0.4) is 0 Å². The third-order valence-electron chi connectivity index (χ3n) is 5.25. The Morgan fingerprint density at radius 3 is 2.52 bits per heavy atom. The molecule has 0 atom stereocenters. The first-order valence-corrected chi connectivity index (χ1v) is 9.78. The highest BCUT2D eigenvalue weighted by Gasteiger charge is 2.21. The zero-order valence-corrected chi connectivity index (χ0v) is 16.8. The fraction of sp³-hybridized carbons (Fsp3) is 0.333. The first kappa shape index (κ1) is 17.7. The molecule has 0 spiro atoms. The van der Waals surface area contributed by atoms with Crippen molar-refractivity contribution in [2.45, 2.75) is 40.5 Å². The third kappa shape index (κ3) is 3.12. The van der Waals surface area contributed by atoms with Gasteiger partial charge in [0.1, 0.15) is 7.05 Å². The zero-order valence-electron chi connectivity index (χ0n) is 16.8. The number of pyridine rings is 2. The lowest BCUT2D eigenvalue weighted by atomic mass is 10.00. The van der Waals surface area contributed by atoms with Crippen LogP contribution < -0.4 is 4.57 Å².